The molecule has 0 radical (unpaired) electrons. The van der Waals surface area contributed by atoms with Crippen LogP contribution in [0.15, 0.2) is 21.1 Å². The third kappa shape index (κ3) is 2.32. The second-order valence-electron chi connectivity index (χ2n) is 3.50. The van der Waals surface area contributed by atoms with Gasteiger partial charge in [-0.25, -0.2) is 0 Å². The van der Waals surface area contributed by atoms with Gasteiger partial charge in [0.1, 0.15) is 5.75 Å². The first-order valence-corrected chi connectivity index (χ1v) is 5.82. The predicted octanol–water partition coefficient (Wildman–Crippen LogP) is 2.27. The maximum absolute atomic E-state index is 5.44. The van der Waals surface area contributed by atoms with Gasteiger partial charge < -0.3 is 15.0 Å². The van der Waals surface area contributed by atoms with Crippen molar-refractivity contribution in [1.29, 1.82) is 0 Å². The molecule has 0 fully saturated rings. The van der Waals surface area contributed by atoms with Crippen molar-refractivity contribution in [2.24, 2.45) is 5.73 Å². The summed E-state index contributed by atoms with van der Waals surface area (Å²) >= 11 is 3.47. The van der Waals surface area contributed by atoms with Gasteiger partial charge in [0.2, 0.25) is 11.7 Å². The van der Waals surface area contributed by atoms with Gasteiger partial charge in [-0.3, -0.25) is 0 Å². The molecule has 0 saturated heterocycles. The normalized spacial score (nSPS) is 10.6. The Hall–Kier alpha value is -1.40. The van der Waals surface area contributed by atoms with Crippen LogP contribution in [0.3, 0.4) is 0 Å². The van der Waals surface area contributed by atoms with Crippen molar-refractivity contribution < 1.29 is 9.26 Å². The Balaban J connectivity index is 2.53. The van der Waals surface area contributed by atoms with Crippen LogP contribution in [-0.2, 0) is 6.54 Å². The molecule has 0 aliphatic carbocycles. The third-order valence-corrected chi connectivity index (χ3v) is 3.26. The van der Waals surface area contributed by atoms with Crippen LogP contribution in [0.5, 0.6) is 5.75 Å². The fourth-order valence-electron chi connectivity index (χ4n) is 1.45. The van der Waals surface area contributed by atoms with Crippen molar-refractivity contribution >= 4 is 15.9 Å². The smallest absolute Gasteiger partial charge is 0.240 e. The average molecular weight is 298 g/mol. The van der Waals surface area contributed by atoms with E-state index < -0.39 is 0 Å². The second-order valence-corrected chi connectivity index (χ2v) is 4.35. The molecule has 90 valence electrons. The van der Waals surface area contributed by atoms with Crippen LogP contribution < -0.4 is 10.5 Å². The highest BCUT2D eigenvalue weighted by Gasteiger charge is 2.13. The van der Waals surface area contributed by atoms with Gasteiger partial charge in [-0.15, -0.1) is 0 Å². The van der Waals surface area contributed by atoms with E-state index in [0.717, 1.165) is 21.3 Å². The predicted molar refractivity (Wildman–Crippen MR) is 66.6 cm³/mol. The number of nitrogens with zero attached hydrogens (tertiary/aromatic N) is 2. The molecule has 2 aromatic rings. The molecule has 1 heterocycles. The summed E-state index contributed by atoms with van der Waals surface area (Å²) in [6, 6.07) is 3.76. The lowest BCUT2D eigenvalue weighted by Gasteiger charge is -2.07. The number of hydrogen-bond acceptors (Lipinski definition) is 5. The fourth-order valence-corrected chi connectivity index (χ4v) is 1.89. The van der Waals surface area contributed by atoms with Crippen molar-refractivity contribution in [2.75, 3.05) is 7.11 Å². The number of rotatable bonds is 3. The van der Waals surface area contributed by atoms with E-state index in [-0.39, 0.29) is 6.54 Å². The van der Waals surface area contributed by atoms with E-state index >= 15 is 0 Å². The summed E-state index contributed by atoms with van der Waals surface area (Å²) < 4.78 is 11.1. The molecule has 2 N–H and O–H groups in total. The summed E-state index contributed by atoms with van der Waals surface area (Å²) in [5.74, 6) is 1.66. The lowest BCUT2D eigenvalue weighted by atomic mass is 10.1. The second kappa shape index (κ2) is 4.85. The zero-order chi connectivity index (χ0) is 12.4. The summed E-state index contributed by atoms with van der Waals surface area (Å²) in [6.45, 7) is 2.20. The zero-order valence-electron chi connectivity index (χ0n) is 9.53. The van der Waals surface area contributed by atoms with Gasteiger partial charge in [0.05, 0.1) is 13.7 Å². The number of halogens is 1. The highest BCUT2D eigenvalue weighted by Crippen LogP contribution is 2.31. The maximum atomic E-state index is 5.44. The largest absolute Gasteiger partial charge is 0.497 e. The minimum absolute atomic E-state index is 0.233. The van der Waals surface area contributed by atoms with Crippen molar-refractivity contribution in [3.63, 3.8) is 0 Å². The SMILES string of the molecule is COc1cc(Br)c(C)c(-c2noc(CN)n2)c1. The van der Waals surface area contributed by atoms with Crippen LogP contribution in [0, 0.1) is 6.92 Å². The number of hydrogen-bond donors (Lipinski definition) is 1. The molecule has 2 rings (SSSR count). The quantitative estimate of drug-likeness (QED) is 0.941. The molecule has 0 atom stereocenters. The van der Waals surface area contributed by atoms with Gasteiger partial charge in [-0.05, 0) is 24.6 Å². The van der Waals surface area contributed by atoms with Crippen LogP contribution in [0.1, 0.15) is 11.5 Å². The Labute approximate surface area is 107 Å². The molecule has 0 aliphatic heterocycles. The molecule has 0 bridgehead atoms. The Morgan fingerprint density at radius 3 is 2.82 bits per heavy atom. The molecular weight excluding hydrogens is 286 g/mol. The number of nitrogens with two attached hydrogens (primary N) is 1. The molecule has 0 aliphatic rings. The zero-order valence-corrected chi connectivity index (χ0v) is 11.1. The Morgan fingerprint density at radius 2 is 2.24 bits per heavy atom. The van der Waals surface area contributed by atoms with E-state index in [9.17, 15) is 0 Å². The molecule has 1 aromatic carbocycles. The molecule has 6 heteroatoms. The maximum Gasteiger partial charge on any atom is 0.240 e. The van der Waals surface area contributed by atoms with Gasteiger partial charge in [0, 0.05) is 10.0 Å². The molecule has 5 nitrogen and oxygen atoms in total. The van der Waals surface area contributed by atoms with Crippen molar-refractivity contribution in [2.45, 2.75) is 13.5 Å². The highest BCUT2D eigenvalue weighted by atomic mass is 79.9. The standard InChI is InChI=1S/C11H12BrN3O2/c1-6-8(3-7(16-2)4-9(6)12)11-14-10(5-13)17-15-11/h3-4H,5,13H2,1-2H3. The molecule has 0 amide bonds. The number of methoxy groups -OCH3 is 1. The number of aromatic nitrogens is 2. The molecule has 0 unspecified atom stereocenters. The molecule has 1 aromatic heterocycles. The first-order chi connectivity index (χ1) is 8.15. The molecular formula is C11H12BrN3O2. The monoisotopic (exact) mass is 297 g/mol. The first kappa shape index (κ1) is 12.1. The van der Waals surface area contributed by atoms with E-state index in [1.54, 1.807) is 7.11 Å². The van der Waals surface area contributed by atoms with Crippen molar-refractivity contribution in [3.8, 4) is 17.1 Å². The lowest BCUT2D eigenvalue weighted by molar-refractivity contribution is 0.380. The lowest BCUT2D eigenvalue weighted by Crippen LogP contribution is -1.96. The van der Waals surface area contributed by atoms with Crippen LogP contribution >= 0.6 is 15.9 Å². The van der Waals surface area contributed by atoms with Crippen LogP contribution in [0.4, 0.5) is 0 Å². The van der Waals surface area contributed by atoms with E-state index in [2.05, 4.69) is 26.1 Å². The van der Waals surface area contributed by atoms with E-state index in [0.29, 0.717) is 11.7 Å². The highest BCUT2D eigenvalue weighted by molar-refractivity contribution is 9.10. The van der Waals surface area contributed by atoms with Gasteiger partial charge in [-0.1, -0.05) is 21.1 Å². The first-order valence-electron chi connectivity index (χ1n) is 5.03. The average Bonchev–Trinajstić information content (AvgIpc) is 2.81. The van der Waals surface area contributed by atoms with Crippen LogP contribution in [0.2, 0.25) is 0 Å². The van der Waals surface area contributed by atoms with Crippen LogP contribution in [0.25, 0.3) is 11.4 Å². The summed E-state index contributed by atoms with van der Waals surface area (Å²) in [6.07, 6.45) is 0. The summed E-state index contributed by atoms with van der Waals surface area (Å²) in [5, 5.41) is 3.89. The van der Waals surface area contributed by atoms with E-state index in [1.165, 1.54) is 0 Å². The molecule has 0 saturated carbocycles. The Bertz CT molecular complexity index is 540. The van der Waals surface area contributed by atoms with Gasteiger partial charge in [0.15, 0.2) is 0 Å². The third-order valence-electron chi connectivity index (χ3n) is 2.44. The Kier molecular flexibility index (Phi) is 3.44. The van der Waals surface area contributed by atoms with Gasteiger partial charge in [-0.2, -0.15) is 4.98 Å². The molecule has 0 spiro atoms. The fraction of sp³-hybridized carbons (Fsp3) is 0.273. The number of benzene rings is 1. The summed E-state index contributed by atoms with van der Waals surface area (Å²) in [4.78, 5) is 4.20. The van der Waals surface area contributed by atoms with E-state index in [1.807, 2.05) is 19.1 Å². The molecule has 17 heavy (non-hydrogen) atoms. The summed E-state index contributed by atoms with van der Waals surface area (Å²) in [5.41, 5.74) is 7.32. The minimum atomic E-state index is 0.233. The van der Waals surface area contributed by atoms with Gasteiger partial charge >= 0.3 is 0 Å². The van der Waals surface area contributed by atoms with Gasteiger partial charge in [0.25, 0.3) is 0 Å². The Morgan fingerprint density at radius 1 is 1.47 bits per heavy atom. The topological polar surface area (TPSA) is 74.2 Å². The van der Waals surface area contributed by atoms with Crippen LogP contribution in [-0.4, -0.2) is 17.3 Å². The van der Waals surface area contributed by atoms with Crippen molar-refractivity contribution in [3.05, 3.63) is 28.1 Å². The minimum Gasteiger partial charge on any atom is -0.497 e. The van der Waals surface area contributed by atoms with E-state index in [4.69, 9.17) is 15.0 Å². The number of ether oxygens (including phenoxy) is 1. The summed E-state index contributed by atoms with van der Waals surface area (Å²) in [7, 11) is 1.61. The van der Waals surface area contributed by atoms with Crippen molar-refractivity contribution in [1.82, 2.24) is 10.1 Å².